The molecule has 0 spiro atoms. The molecule has 0 radical (unpaired) electrons. The number of rotatable bonds is 6. The molecule has 0 aromatic carbocycles. The zero-order valence-corrected chi connectivity index (χ0v) is 13.2. The van der Waals surface area contributed by atoms with Gasteiger partial charge >= 0.3 is 0 Å². The molecule has 116 valence electrons. The minimum Gasteiger partial charge on any atom is -0.370 e. The number of aromatic nitrogens is 2. The third kappa shape index (κ3) is 3.46. The van der Waals surface area contributed by atoms with Crippen LogP contribution in [-0.4, -0.2) is 47.1 Å². The number of nitrogens with zero attached hydrogens (tertiary/aromatic N) is 3. The van der Waals surface area contributed by atoms with E-state index in [4.69, 9.17) is 4.98 Å². The van der Waals surface area contributed by atoms with Crippen LogP contribution >= 0.6 is 0 Å². The quantitative estimate of drug-likeness (QED) is 0.842. The van der Waals surface area contributed by atoms with Crippen LogP contribution < -0.4 is 10.6 Å². The Balaban J connectivity index is 1.74. The van der Waals surface area contributed by atoms with Crippen molar-refractivity contribution in [2.45, 2.75) is 45.6 Å². The van der Waals surface area contributed by atoms with Crippen LogP contribution in [0.15, 0.2) is 6.07 Å². The van der Waals surface area contributed by atoms with Crippen molar-refractivity contribution in [3.05, 3.63) is 11.9 Å². The van der Waals surface area contributed by atoms with Crippen LogP contribution in [0.2, 0.25) is 0 Å². The van der Waals surface area contributed by atoms with Crippen LogP contribution in [-0.2, 0) is 6.42 Å². The molecule has 3 aliphatic heterocycles. The van der Waals surface area contributed by atoms with E-state index < -0.39 is 0 Å². The second kappa shape index (κ2) is 6.60. The minimum absolute atomic E-state index is 0.548. The molecule has 0 amide bonds. The maximum Gasteiger partial charge on any atom is 0.133 e. The van der Waals surface area contributed by atoms with E-state index in [0.29, 0.717) is 6.04 Å². The molecule has 5 nitrogen and oxygen atoms in total. The van der Waals surface area contributed by atoms with Gasteiger partial charge < -0.3 is 15.5 Å². The van der Waals surface area contributed by atoms with Crippen molar-refractivity contribution >= 4 is 11.6 Å². The minimum atomic E-state index is 0.548. The van der Waals surface area contributed by atoms with E-state index in [1.54, 1.807) is 0 Å². The Morgan fingerprint density at radius 3 is 2.57 bits per heavy atom. The first-order valence-electron chi connectivity index (χ1n) is 8.39. The van der Waals surface area contributed by atoms with Gasteiger partial charge in [0.2, 0.25) is 0 Å². The summed E-state index contributed by atoms with van der Waals surface area (Å²) in [5, 5.41) is 6.99. The van der Waals surface area contributed by atoms with E-state index in [9.17, 15) is 0 Å². The SMILES string of the molecule is CCCc1nc(NCC)cc(NC2CN3CCC2CC3)n1. The van der Waals surface area contributed by atoms with Crippen molar-refractivity contribution in [3.8, 4) is 0 Å². The predicted molar refractivity (Wildman–Crippen MR) is 86.8 cm³/mol. The van der Waals surface area contributed by atoms with Crippen LogP contribution in [0.3, 0.4) is 0 Å². The summed E-state index contributed by atoms with van der Waals surface area (Å²) in [5.41, 5.74) is 0. The van der Waals surface area contributed by atoms with Gasteiger partial charge in [0.05, 0.1) is 0 Å². The Bertz CT molecular complexity index is 443. The normalized spacial score (nSPS) is 27.6. The van der Waals surface area contributed by atoms with E-state index in [1.807, 2.05) is 0 Å². The highest BCUT2D eigenvalue weighted by Crippen LogP contribution is 2.29. The van der Waals surface area contributed by atoms with E-state index >= 15 is 0 Å². The molecular weight excluding hydrogens is 262 g/mol. The zero-order chi connectivity index (χ0) is 14.7. The van der Waals surface area contributed by atoms with Crippen molar-refractivity contribution in [3.63, 3.8) is 0 Å². The standard InChI is InChI=1S/C16H27N5/c1-3-5-14-19-15(17-4-2)10-16(20-14)18-13-11-21-8-6-12(13)7-9-21/h10,12-13H,3-9,11H2,1-2H3,(H2,17,18,19,20). The Labute approximate surface area is 127 Å². The molecule has 5 heteroatoms. The van der Waals surface area contributed by atoms with E-state index in [2.05, 4.69) is 40.4 Å². The molecule has 21 heavy (non-hydrogen) atoms. The lowest BCUT2D eigenvalue weighted by molar-refractivity contribution is 0.0974. The van der Waals surface area contributed by atoms with E-state index in [-0.39, 0.29) is 0 Å². The predicted octanol–water partition coefficient (Wildman–Crippen LogP) is 2.37. The highest BCUT2D eigenvalue weighted by molar-refractivity contribution is 5.48. The summed E-state index contributed by atoms with van der Waals surface area (Å²) in [7, 11) is 0. The van der Waals surface area contributed by atoms with Gasteiger partial charge in [0, 0.05) is 31.6 Å². The molecule has 1 aromatic heterocycles. The second-order valence-corrected chi connectivity index (χ2v) is 6.22. The van der Waals surface area contributed by atoms with Crippen molar-refractivity contribution < 1.29 is 0 Å². The summed E-state index contributed by atoms with van der Waals surface area (Å²) >= 11 is 0. The number of nitrogens with one attached hydrogen (secondary N) is 2. The summed E-state index contributed by atoms with van der Waals surface area (Å²) < 4.78 is 0. The first kappa shape index (κ1) is 14.6. The molecule has 4 heterocycles. The molecule has 2 N–H and O–H groups in total. The van der Waals surface area contributed by atoms with Gasteiger partial charge in [0.15, 0.2) is 0 Å². The molecule has 3 fully saturated rings. The highest BCUT2D eigenvalue weighted by atomic mass is 15.2. The smallest absolute Gasteiger partial charge is 0.133 e. The Kier molecular flexibility index (Phi) is 4.58. The Morgan fingerprint density at radius 2 is 1.95 bits per heavy atom. The summed E-state index contributed by atoms with van der Waals surface area (Å²) in [6.07, 6.45) is 4.66. The fraction of sp³-hybridized carbons (Fsp3) is 0.750. The fourth-order valence-corrected chi connectivity index (χ4v) is 3.50. The van der Waals surface area contributed by atoms with Crippen molar-refractivity contribution in [1.29, 1.82) is 0 Å². The lowest BCUT2D eigenvalue weighted by Crippen LogP contribution is -2.53. The molecule has 4 rings (SSSR count). The second-order valence-electron chi connectivity index (χ2n) is 6.22. The molecule has 1 unspecified atom stereocenters. The monoisotopic (exact) mass is 289 g/mol. The van der Waals surface area contributed by atoms with Crippen LogP contribution in [0.25, 0.3) is 0 Å². The average Bonchev–Trinajstić information content (AvgIpc) is 2.49. The third-order valence-corrected chi connectivity index (χ3v) is 4.59. The van der Waals surface area contributed by atoms with E-state index in [0.717, 1.165) is 49.3 Å². The summed E-state index contributed by atoms with van der Waals surface area (Å²) in [5.74, 6) is 3.68. The van der Waals surface area contributed by atoms with Crippen molar-refractivity contribution in [2.24, 2.45) is 5.92 Å². The number of hydrogen-bond donors (Lipinski definition) is 2. The molecule has 1 atom stereocenters. The molecule has 0 saturated carbocycles. The fourth-order valence-electron chi connectivity index (χ4n) is 3.50. The maximum absolute atomic E-state index is 4.70. The molecule has 3 saturated heterocycles. The van der Waals surface area contributed by atoms with Gasteiger partial charge in [-0.3, -0.25) is 0 Å². The van der Waals surface area contributed by atoms with Crippen LogP contribution in [0.5, 0.6) is 0 Å². The first-order valence-corrected chi connectivity index (χ1v) is 8.39. The lowest BCUT2D eigenvalue weighted by atomic mass is 9.84. The molecule has 1 aromatic rings. The highest BCUT2D eigenvalue weighted by Gasteiger charge is 2.34. The maximum atomic E-state index is 4.70. The topological polar surface area (TPSA) is 53.1 Å². The molecule has 3 aliphatic rings. The number of anilines is 2. The molecule has 2 bridgehead atoms. The lowest BCUT2D eigenvalue weighted by Gasteiger charge is -2.45. The number of piperidine rings is 3. The largest absolute Gasteiger partial charge is 0.370 e. The van der Waals surface area contributed by atoms with E-state index in [1.165, 1.54) is 25.9 Å². The van der Waals surface area contributed by atoms with Gasteiger partial charge in [-0.2, -0.15) is 0 Å². The molecular formula is C16H27N5. The van der Waals surface area contributed by atoms with Gasteiger partial charge in [0.1, 0.15) is 17.5 Å². The Hall–Kier alpha value is -1.36. The summed E-state index contributed by atoms with van der Waals surface area (Å²) in [4.78, 5) is 11.9. The third-order valence-electron chi connectivity index (χ3n) is 4.59. The number of fused-ring (bicyclic) bond motifs is 3. The van der Waals surface area contributed by atoms with Crippen molar-refractivity contribution in [1.82, 2.24) is 14.9 Å². The average molecular weight is 289 g/mol. The summed E-state index contributed by atoms with van der Waals surface area (Å²) in [6, 6.07) is 2.60. The van der Waals surface area contributed by atoms with Gasteiger partial charge in [-0.1, -0.05) is 6.92 Å². The van der Waals surface area contributed by atoms with Gasteiger partial charge in [0.25, 0.3) is 0 Å². The van der Waals surface area contributed by atoms with Crippen molar-refractivity contribution in [2.75, 3.05) is 36.8 Å². The zero-order valence-electron chi connectivity index (χ0n) is 13.2. The summed E-state index contributed by atoms with van der Waals surface area (Å²) in [6.45, 7) is 8.87. The number of hydrogen-bond acceptors (Lipinski definition) is 5. The first-order chi connectivity index (χ1) is 10.3. The Morgan fingerprint density at radius 1 is 1.19 bits per heavy atom. The van der Waals surface area contributed by atoms with Crippen LogP contribution in [0.4, 0.5) is 11.6 Å². The molecule has 0 aliphatic carbocycles. The van der Waals surface area contributed by atoms with Crippen LogP contribution in [0, 0.1) is 5.92 Å². The van der Waals surface area contributed by atoms with Gasteiger partial charge in [-0.05, 0) is 45.2 Å². The van der Waals surface area contributed by atoms with Gasteiger partial charge in [-0.15, -0.1) is 0 Å². The van der Waals surface area contributed by atoms with Crippen LogP contribution in [0.1, 0.15) is 38.9 Å². The van der Waals surface area contributed by atoms with Gasteiger partial charge in [-0.25, -0.2) is 9.97 Å². The number of aryl methyl sites for hydroxylation is 1.